The predicted octanol–water partition coefficient (Wildman–Crippen LogP) is 3.02. The summed E-state index contributed by atoms with van der Waals surface area (Å²) in [6.07, 6.45) is 6.68. The number of likely N-dealkylation sites (tertiary alicyclic amines) is 1. The van der Waals surface area contributed by atoms with Gasteiger partial charge in [-0.3, -0.25) is 4.79 Å². The van der Waals surface area contributed by atoms with E-state index in [4.69, 9.17) is 0 Å². The van der Waals surface area contributed by atoms with Crippen molar-refractivity contribution < 1.29 is 4.79 Å². The van der Waals surface area contributed by atoms with Crippen LogP contribution in [0.25, 0.3) is 0 Å². The molecule has 2 fully saturated rings. The van der Waals surface area contributed by atoms with Crippen molar-refractivity contribution in [1.82, 2.24) is 4.90 Å². The third-order valence-electron chi connectivity index (χ3n) is 4.26. The highest BCUT2D eigenvalue weighted by atomic mass is 16.2. The molecule has 1 aliphatic carbocycles. The average Bonchev–Trinajstić information content (AvgIpc) is 3.14. The Morgan fingerprint density at radius 1 is 1.17 bits per heavy atom. The van der Waals surface area contributed by atoms with Crippen LogP contribution in [0.2, 0.25) is 0 Å². The summed E-state index contributed by atoms with van der Waals surface area (Å²) in [5.74, 6) is 1.20. The molecule has 1 aliphatic heterocycles. The number of hydrogen-bond donors (Lipinski definition) is 0. The van der Waals surface area contributed by atoms with Gasteiger partial charge in [-0.1, -0.05) is 30.3 Å². The Hall–Kier alpha value is -1.31. The van der Waals surface area contributed by atoms with Gasteiger partial charge in [0.2, 0.25) is 5.91 Å². The number of amides is 1. The van der Waals surface area contributed by atoms with Crippen molar-refractivity contribution in [3.63, 3.8) is 0 Å². The molecule has 0 bridgehead atoms. The molecule has 2 nitrogen and oxygen atoms in total. The molecule has 18 heavy (non-hydrogen) atoms. The number of benzene rings is 1. The maximum Gasteiger partial charge on any atom is 0.223 e. The Balaban J connectivity index is 1.54. The van der Waals surface area contributed by atoms with E-state index in [1.54, 1.807) is 0 Å². The summed E-state index contributed by atoms with van der Waals surface area (Å²) >= 11 is 0. The van der Waals surface area contributed by atoms with Crippen molar-refractivity contribution in [1.29, 1.82) is 0 Å². The van der Waals surface area contributed by atoms with Gasteiger partial charge < -0.3 is 4.90 Å². The van der Waals surface area contributed by atoms with Crippen LogP contribution in [0.1, 0.15) is 37.7 Å². The zero-order valence-corrected chi connectivity index (χ0v) is 10.8. The highest BCUT2D eigenvalue weighted by Crippen LogP contribution is 2.40. The molecule has 0 N–H and O–H groups in total. The molecule has 1 unspecified atom stereocenters. The van der Waals surface area contributed by atoms with E-state index in [9.17, 15) is 4.79 Å². The SMILES string of the molecule is O=C(CCc1ccccc1)N1CCCC1C1CC1. The van der Waals surface area contributed by atoms with Crippen LogP contribution in [0.15, 0.2) is 30.3 Å². The van der Waals surface area contributed by atoms with Crippen LogP contribution in [-0.2, 0) is 11.2 Å². The lowest BCUT2D eigenvalue weighted by molar-refractivity contribution is -0.132. The molecule has 2 heteroatoms. The molecule has 1 aromatic rings. The number of rotatable bonds is 4. The van der Waals surface area contributed by atoms with E-state index >= 15 is 0 Å². The fourth-order valence-electron chi connectivity index (χ4n) is 3.11. The van der Waals surface area contributed by atoms with E-state index < -0.39 is 0 Å². The normalized spacial score (nSPS) is 23.3. The van der Waals surface area contributed by atoms with Crippen molar-refractivity contribution in [2.24, 2.45) is 5.92 Å². The maximum absolute atomic E-state index is 12.3. The summed E-state index contributed by atoms with van der Waals surface area (Å²) in [5, 5.41) is 0. The van der Waals surface area contributed by atoms with Gasteiger partial charge in [-0.05, 0) is 43.6 Å². The summed E-state index contributed by atoms with van der Waals surface area (Å²) < 4.78 is 0. The summed E-state index contributed by atoms with van der Waals surface area (Å²) in [7, 11) is 0. The lowest BCUT2D eigenvalue weighted by Gasteiger charge is -2.24. The highest BCUT2D eigenvalue weighted by molar-refractivity contribution is 5.77. The molecule has 1 aromatic carbocycles. The summed E-state index contributed by atoms with van der Waals surface area (Å²) in [6, 6.07) is 10.9. The number of carbonyl (C=O) groups excluding carboxylic acids is 1. The van der Waals surface area contributed by atoms with Crippen LogP contribution in [0.3, 0.4) is 0 Å². The second-order valence-electron chi connectivity index (χ2n) is 5.62. The van der Waals surface area contributed by atoms with E-state index in [-0.39, 0.29) is 0 Å². The first-order chi connectivity index (χ1) is 8.84. The predicted molar refractivity (Wildman–Crippen MR) is 72.2 cm³/mol. The second kappa shape index (κ2) is 5.13. The van der Waals surface area contributed by atoms with Gasteiger partial charge in [0, 0.05) is 19.0 Å². The first-order valence-corrected chi connectivity index (χ1v) is 7.18. The first kappa shape index (κ1) is 11.8. The zero-order valence-electron chi connectivity index (χ0n) is 10.8. The third kappa shape index (κ3) is 2.58. The molecule has 1 saturated heterocycles. The number of nitrogens with zero attached hydrogens (tertiary/aromatic N) is 1. The van der Waals surface area contributed by atoms with Gasteiger partial charge in [-0.2, -0.15) is 0 Å². The zero-order chi connectivity index (χ0) is 12.4. The van der Waals surface area contributed by atoms with Gasteiger partial charge in [0.05, 0.1) is 0 Å². The van der Waals surface area contributed by atoms with E-state index in [1.807, 2.05) is 18.2 Å². The molecule has 2 aliphatic rings. The molecule has 0 aromatic heterocycles. The molecular weight excluding hydrogens is 222 g/mol. The van der Waals surface area contributed by atoms with Crippen LogP contribution in [0.4, 0.5) is 0 Å². The third-order valence-corrected chi connectivity index (χ3v) is 4.26. The van der Waals surface area contributed by atoms with E-state index in [0.717, 1.165) is 18.9 Å². The summed E-state index contributed by atoms with van der Waals surface area (Å²) in [5.41, 5.74) is 1.27. The topological polar surface area (TPSA) is 20.3 Å². The molecule has 0 spiro atoms. The molecular formula is C16H21NO. The molecule has 96 valence electrons. The fourth-order valence-corrected chi connectivity index (χ4v) is 3.11. The highest BCUT2D eigenvalue weighted by Gasteiger charge is 2.39. The van der Waals surface area contributed by atoms with Crippen LogP contribution >= 0.6 is 0 Å². The van der Waals surface area contributed by atoms with E-state index in [2.05, 4.69) is 17.0 Å². The Morgan fingerprint density at radius 3 is 2.67 bits per heavy atom. The smallest absolute Gasteiger partial charge is 0.223 e. The average molecular weight is 243 g/mol. The molecule has 1 atom stereocenters. The first-order valence-electron chi connectivity index (χ1n) is 7.18. The number of aryl methyl sites for hydroxylation is 1. The fraction of sp³-hybridized carbons (Fsp3) is 0.562. The van der Waals surface area contributed by atoms with Gasteiger partial charge >= 0.3 is 0 Å². The van der Waals surface area contributed by atoms with Crippen molar-refractivity contribution >= 4 is 5.91 Å². The van der Waals surface area contributed by atoms with Crippen molar-refractivity contribution in [3.8, 4) is 0 Å². The number of hydrogen-bond acceptors (Lipinski definition) is 1. The van der Waals surface area contributed by atoms with Crippen LogP contribution in [-0.4, -0.2) is 23.4 Å². The van der Waals surface area contributed by atoms with Gasteiger partial charge in [0.1, 0.15) is 0 Å². The van der Waals surface area contributed by atoms with Crippen molar-refractivity contribution in [2.45, 2.75) is 44.6 Å². The molecule has 1 heterocycles. The van der Waals surface area contributed by atoms with Crippen molar-refractivity contribution in [2.75, 3.05) is 6.54 Å². The second-order valence-corrected chi connectivity index (χ2v) is 5.62. The monoisotopic (exact) mass is 243 g/mol. The quantitative estimate of drug-likeness (QED) is 0.796. The summed E-state index contributed by atoms with van der Waals surface area (Å²) in [4.78, 5) is 14.5. The van der Waals surface area contributed by atoms with E-state index in [0.29, 0.717) is 18.4 Å². The Kier molecular flexibility index (Phi) is 3.35. The summed E-state index contributed by atoms with van der Waals surface area (Å²) in [6.45, 7) is 0.995. The molecule has 1 saturated carbocycles. The minimum absolute atomic E-state index is 0.369. The van der Waals surface area contributed by atoms with Crippen LogP contribution < -0.4 is 0 Å². The standard InChI is InChI=1S/C16H21NO/c18-16(11-8-13-5-2-1-3-6-13)17-12-4-7-15(17)14-9-10-14/h1-3,5-6,14-15H,4,7-12H2. The van der Waals surface area contributed by atoms with Gasteiger partial charge in [0.15, 0.2) is 0 Å². The van der Waals surface area contributed by atoms with Gasteiger partial charge in [-0.25, -0.2) is 0 Å². The molecule has 0 radical (unpaired) electrons. The maximum atomic E-state index is 12.3. The number of carbonyl (C=O) groups is 1. The minimum Gasteiger partial charge on any atom is -0.339 e. The lowest BCUT2D eigenvalue weighted by Crippen LogP contribution is -2.36. The minimum atomic E-state index is 0.369. The van der Waals surface area contributed by atoms with Crippen LogP contribution in [0, 0.1) is 5.92 Å². The van der Waals surface area contributed by atoms with Gasteiger partial charge in [-0.15, -0.1) is 0 Å². The van der Waals surface area contributed by atoms with Gasteiger partial charge in [0.25, 0.3) is 0 Å². The van der Waals surface area contributed by atoms with Crippen molar-refractivity contribution in [3.05, 3.63) is 35.9 Å². The lowest BCUT2D eigenvalue weighted by atomic mass is 10.1. The van der Waals surface area contributed by atoms with Crippen LogP contribution in [0.5, 0.6) is 0 Å². The largest absolute Gasteiger partial charge is 0.339 e. The Labute approximate surface area is 109 Å². The molecule has 3 rings (SSSR count). The molecule has 1 amide bonds. The van der Waals surface area contributed by atoms with E-state index in [1.165, 1.54) is 31.2 Å². The Morgan fingerprint density at radius 2 is 1.94 bits per heavy atom. The Bertz CT molecular complexity index is 410.